The monoisotopic (exact) mass is 524 g/mol. The van der Waals surface area contributed by atoms with Gasteiger partial charge in [-0.15, -0.1) is 24.0 Å². The Bertz CT molecular complexity index is 622. The van der Waals surface area contributed by atoms with E-state index in [1.165, 1.54) is 0 Å². The van der Waals surface area contributed by atoms with Gasteiger partial charge in [-0.05, 0) is 44.9 Å². The fourth-order valence-electron chi connectivity index (χ4n) is 3.06. The molecule has 1 heterocycles. The molecule has 1 saturated heterocycles. The first kappa shape index (κ1) is 25.3. The molecule has 2 N–H and O–H groups in total. The summed E-state index contributed by atoms with van der Waals surface area (Å²) in [5.41, 5.74) is 1.10. The van der Waals surface area contributed by atoms with Gasteiger partial charge in [-0.25, -0.2) is 0 Å². The summed E-state index contributed by atoms with van der Waals surface area (Å²) in [6.07, 6.45) is 0.820. The van der Waals surface area contributed by atoms with Crippen molar-refractivity contribution in [3.8, 4) is 5.75 Å². The van der Waals surface area contributed by atoms with E-state index >= 15 is 0 Å². The first-order valence-electron chi connectivity index (χ1n) is 9.63. The molecule has 0 aliphatic carbocycles. The highest BCUT2D eigenvalue weighted by molar-refractivity contribution is 14.0. The molecule has 1 aliphatic heterocycles. The Morgan fingerprint density at radius 3 is 2.61 bits per heavy atom. The molecule has 0 saturated carbocycles. The van der Waals surface area contributed by atoms with Gasteiger partial charge in [-0.2, -0.15) is 0 Å². The SMILES string of the molecule is CCNC(=NCC(C)(C)N1CCOCC1)NCCc1ccc(OC)cc1Cl.I. The van der Waals surface area contributed by atoms with Crippen molar-refractivity contribution in [1.29, 1.82) is 0 Å². The molecule has 1 aliphatic rings. The van der Waals surface area contributed by atoms with Crippen molar-refractivity contribution in [2.24, 2.45) is 4.99 Å². The summed E-state index contributed by atoms with van der Waals surface area (Å²) in [5.74, 6) is 1.61. The number of methoxy groups -OCH3 is 1. The van der Waals surface area contributed by atoms with Crippen LogP contribution in [0.1, 0.15) is 26.3 Å². The maximum absolute atomic E-state index is 6.32. The third kappa shape index (κ3) is 7.93. The molecule has 2 rings (SSSR count). The Kier molecular flexibility index (Phi) is 11.5. The van der Waals surface area contributed by atoms with E-state index in [-0.39, 0.29) is 29.5 Å². The van der Waals surface area contributed by atoms with Gasteiger partial charge in [-0.3, -0.25) is 9.89 Å². The number of halogens is 2. The number of hydrogen-bond acceptors (Lipinski definition) is 4. The van der Waals surface area contributed by atoms with Crippen LogP contribution in [-0.2, 0) is 11.2 Å². The third-order valence-electron chi connectivity index (χ3n) is 4.78. The molecule has 0 atom stereocenters. The molecule has 0 unspecified atom stereocenters. The molecule has 8 heteroatoms. The van der Waals surface area contributed by atoms with Gasteiger partial charge >= 0.3 is 0 Å². The number of nitrogens with one attached hydrogen (secondary N) is 2. The Morgan fingerprint density at radius 2 is 2.00 bits per heavy atom. The van der Waals surface area contributed by atoms with Crippen LogP contribution >= 0.6 is 35.6 Å². The summed E-state index contributed by atoms with van der Waals surface area (Å²) in [7, 11) is 1.64. The number of rotatable bonds is 8. The molecule has 0 radical (unpaired) electrons. The molecular weight excluding hydrogens is 491 g/mol. The first-order valence-corrected chi connectivity index (χ1v) is 10.0. The largest absolute Gasteiger partial charge is 0.497 e. The fourth-order valence-corrected chi connectivity index (χ4v) is 3.32. The van der Waals surface area contributed by atoms with Crippen molar-refractivity contribution < 1.29 is 9.47 Å². The Morgan fingerprint density at radius 1 is 1.29 bits per heavy atom. The summed E-state index contributed by atoms with van der Waals surface area (Å²) in [6.45, 7) is 12.4. The van der Waals surface area contributed by atoms with Crippen LogP contribution in [0.4, 0.5) is 0 Å². The topological polar surface area (TPSA) is 58.1 Å². The van der Waals surface area contributed by atoms with Crippen LogP contribution in [0.3, 0.4) is 0 Å². The highest BCUT2D eigenvalue weighted by Crippen LogP contribution is 2.22. The maximum atomic E-state index is 6.32. The minimum Gasteiger partial charge on any atom is -0.497 e. The van der Waals surface area contributed by atoms with Crippen molar-refractivity contribution in [1.82, 2.24) is 15.5 Å². The lowest BCUT2D eigenvalue weighted by Gasteiger charge is -2.39. The first-order chi connectivity index (χ1) is 13.0. The van der Waals surface area contributed by atoms with Crippen molar-refractivity contribution in [3.63, 3.8) is 0 Å². The van der Waals surface area contributed by atoms with Crippen molar-refractivity contribution in [2.45, 2.75) is 32.7 Å². The minimum atomic E-state index is 0. The summed E-state index contributed by atoms with van der Waals surface area (Å²) in [6, 6.07) is 5.79. The second-order valence-electron chi connectivity index (χ2n) is 7.24. The summed E-state index contributed by atoms with van der Waals surface area (Å²) < 4.78 is 10.7. The fraction of sp³-hybridized carbons (Fsp3) is 0.650. The zero-order valence-corrected chi connectivity index (χ0v) is 20.5. The number of ether oxygens (including phenoxy) is 2. The smallest absolute Gasteiger partial charge is 0.191 e. The van der Waals surface area contributed by atoms with Crippen LogP contribution in [0.15, 0.2) is 23.2 Å². The molecule has 0 amide bonds. The van der Waals surface area contributed by atoms with Crippen LogP contribution in [0, 0.1) is 0 Å². The molecular formula is C20H34ClIN4O2. The van der Waals surface area contributed by atoms with E-state index in [0.717, 1.165) is 74.7 Å². The Labute approximate surface area is 191 Å². The number of morpholine rings is 1. The number of aliphatic imine (C=N–C) groups is 1. The number of benzene rings is 1. The average molecular weight is 525 g/mol. The standard InChI is InChI=1S/C20H33ClN4O2.HI/c1-5-22-19(24-15-20(2,3)25-10-12-27-13-11-25)23-9-8-16-6-7-17(26-4)14-18(16)21;/h6-7,14H,5,8-13,15H2,1-4H3,(H2,22,23,24);1H. The molecule has 6 nitrogen and oxygen atoms in total. The van der Waals surface area contributed by atoms with Crippen LogP contribution in [-0.4, -0.2) is 69.4 Å². The van der Waals surface area contributed by atoms with Crippen molar-refractivity contribution in [3.05, 3.63) is 28.8 Å². The van der Waals surface area contributed by atoms with E-state index in [9.17, 15) is 0 Å². The van der Waals surface area contributed by atoms with E-state index in [1.54, 1.807) is 7.11 Å². The summed E-state index contributed by atoms with van der Waals surface area (Å²) in [4.78, 5) is 7.25. The van der Waals surface area contributed by atoms with E-state index in [2.05, 4.69) is 36.3 Å². The number of hydrogen-bond donors (Lipinski definition) is 2. The highest BCUT2D eigenvalue weighted by atomic mass is 127. The average Bonchev–Trinajstić information content (AvgIpc) is 2.68. The van der Waals surface area contributed by atoms with E-state index in [4.69, 9.17) is 26.1 Å². The molecule has 0 spiro atoms. The van der Waals surface area contributed by atoms with Crippen LogP contribution in [0.5, 0.6) is 5.75 Å². The third-order valence-corrected chi connectivity index (χ3v) is 5.13. The van der Waals surface area contributed by atoms with Gasteiger partial charge in [0.1, 0.15) is 5.75 Å². The van der Waals surface area contributed by atoms with E-state index < -0.39 is 0 Å². The van der Waals surface area contributed by atoms with Gasteiger partial charge in [0, 0.05) is 36.7 Å². The normalized spacial score (nSPS) is 15.7. The predicted octanol–water partition coefficient (Wildman–Crippen LogP) is 3.18. The predicted molar refractivity (Wildman–Crippen MR) is 128 cm³/mol. The lowest BCUT2D eigenvalue weighted by molar-refractivity contribution is -0.00683. The molecule has 0 aromatic heterocycles. The van der Waals surface area contributed by atoms with Gasteiger partial charge in [0.15, 0.2) is 5.96 Å². The van der Waals surface area contributed by atoms with Gasteiger partial charge < -0.3 is 20.1 Å². The number of guanidine groups is 1. The molecule has 28 heavy (non-hydrogen) atoms. The van der Waals surface area contributed by atoms with Crippen LogP contribution in [0.25, 0.3) is 0 Å². The maximum Gasteiger partial charge on any atom is 0.191 e. The molecule has 1 aromatic carbocycles. The Hall–Kier alpha value is -0.770. The van der Waals surface area contributed by atoms with Gasteiger partial charge in [0.2, 0.25) is 0 Å². The quantitative estimate of drug-likeness (QED) is 0.311. The van der Waals surface area contributed by atoms with Gasteiger partial charge in [0.25, 0.3) is 0 Å². The second kappa shape index (κ2) is 12.7. The summed E-state index contributed by atoms with van der Waals surface area (Å²) in [5, 5.41) is 7.45. The Balaban J connectivity index is 0.00000392. The van der Waals surface area contributed by atoms with E-state index in [0.29, 0.717) is 0 Å². The molecule has 0 bridgehead atoms. The highest BCUT2D eigenvalue weighted by Gasteiger charge is 2.28. The van der Waals surface area contributed by atoms with Crippen molar-refractivity contribution >= 4 is 41.5 Å². The second-order valence-corrected chi connectivity index (χ2v) is 7.65. The van der Waals surface area contributed by atoms with Crippen molar-refractivity contribution in [2.75, 3.05) is 53.0 Å². The lowest BCUT2D eigenvalue weighted by Crippen LogP contribution is -2.52. The van der Waals surface area contributed by atoms with Crippen LogP contribution < -0.4 is 15.4 Å². The summed E-state index contributed by atoms with van der Waals surface area (Å²) >= 11 is 6.32. The van der Waals surface area contributed by atoms with E-state index in [1.807, 2.05) is 18.2 Å². The minimum absolute atomic E-state index is 0. The van der Waals surface area contributed by atoms with Gasteiger partial charge in [-0.1, -0.05) is 17.7 Å². The molecule has 1 aromatic rings. The van der Waals surface area contributed by atoms with Crippen LogP contribution in [0.2, 0.25) is 5.02 Å². The zero-order valence-electron chi connectivity index (χ0n) is 17.4. The molecule has 160 valence electrons. The lowest BCUT2D eigenvalue weighted by atomic mass is 10.0. The zero-order chi connectivity index (χ0) is 19.7. The van der Waals surface area contributed by atoms with Gasteiger partial charge in [0.05, 0.1) is 26.9 Å². The number of nitrogens with zero attached hydrogens (tertiary/aromatic N) is 2. The molecule has 1 fully saturated rings.